The Kier molecular flexibility index (Phi) is 3.09. The average Bonchev–Trinajstić information content (AvgIpc) is 2.36. The third-order valence-electron chi connectivity index (χ3n) is 3.30. The van der Waals surface area contributed by atoms with Gasteiger partial charge in [0.15, 0.2) is 0 Å². The smallest absolute Gasteiger partial charge is 0.306 e. The van der Waals surface area contributed by atoms with Gasteiger partial charge in [-0.2, -0.15) is 0 Å². The Hall–Kier alpha value is -1.90. The number of hydrogen-bond acceptors (Lipinski definition) is 2. The molecule has 3 heteroatoms. The van der Waals surface area contributed by atoms with Gasteiger partial charge in [-0.05, 0) is 23.6 Å². The number of rotatable bonds is 3. The van der Waals surface area contributed by atoms with E-state index in [1.54, 1.807) is 13.1 Å². The highest BCUT2D eigenvalue weighted by Crippen LogP contribution is 2.26. The first kappa shape index (κ1) is 11.6. The zero-order valence-electron chi connectivity index (χ0n) is 9.92. The van der Waals surface area contributed by atoms with E-state index in [9.17, 15) is 4.79 Å². The van der Waals surface area contributed by atoms with Gasteiger partial charge >= 0.3 is 5.97 Å². The minimum Gasteiger partial charge on any atom is -0.481 e. The molecule has 0 fully saturated rings. The maximum absolute atomic E-state index is 11.0. The highest BCUT2D eigenvalue weighted by molar-refractivity contribution is 5.79. The molecule has 2 rings (SSSR count). The minimum absolute atomic E-state index is 0.0149. The van der Waals surface area contributed by atoms with Crippen molar-refractivity contribution in [2.45, 2.75) is 19.8 Å². The fourth-order valence-electron chi connectivity index (χ4n) is 1.87. The van der Waals surface area contributed by atoms with E-state index in [0.29, 0.717) is 0 Å². The number of carboxylic acids is 1. The van der Waals surface area contributed by atoms with Crippen molar-refractivity contribution in [3.63, 3.8) is 0 Å². The summed E-state index contributed by atoms with van der Waals surface area (Å²) in [6.45, 7) is 3.67. The Morgan fingerprint density at radius 2 is 2.06 bits per heavy atom. The number of fused-ring (bicyclic) bond motifs is 1. The molecule has 3 nitrogen and oxygen atoms in total. The molecule has 2 atom stereocenters. The predicted octanol–water partition coefficient (Wildman–Crippen LogP) is 3.06. The summed E-state index contributed by atoms with van der Waals surface area (Å²) in [7, 11) is 0. The topological polar surface area (TPSA) is 50.2 Å². The van der Waals surface area contributed by atoms with E-state index in [-0.39, 0.29) is 5.92 Å². The maximum Gasteiger partial charge on any atom is 0.306 e. The molecule has 2 unspecified atom stereocenters. The summed E-state index contributed by atoms with van der Waals surface area (Å²) in [5.41, 5.74) is 1.93. The molecule has 2 aromatic rings. The second-order valence-corrected chi connectivity index (χ2v) is 4.37. The number of benzene rings is 1. The fourth-order valence-corrected chi connectivity index (χ4v) is 1.87. The van der Waals surface area contributed by atoms with E-state index < -0.39 is 11.9 Å². The molecule has 88 valence electrons. The quantitative estimate of drug-likeness (QED) is 0.880. The van der Waals surface area contributed by atoms with Gasteiger partial charge in [-0.1, -0.05) is 32.0 Å². The summed E-state index contributed by atoms with van der Waals surface area (Å²) in [6, 6.07) is 9.83. The summed E-state index contributed by atoms with van der Waals surface area (Å²) in [4.78, 5) is 15.2. The number of aliphatic carboxylic acids is 1. The number of pyridine rings is 1. The Labute approximate surface area is 100 Å². The molecule has 1 N–H and O–H groups in total. The van der Waals surface area contributed by atoms with Gasteiger partial charge in [0.05, 0.1) is 11.4 Å². The van der Waals surface area contributed by atoms with Gasteiger partial charge in [0.1, 0.15) is 0 Å². The van der Waals surface area contributed by atoms with E-state index in [1.807, 2.05) is 37.3 Å². The highest BCUT2D eigenvalue weighted by atomic mass is 16.4. The van der Waals surface area contributed by atoms with Crippen LogP contribution < -0.4 is 0 Å². The van der Waals surface area contributed by atoms with Crippen LogP contribution >= 0.6 is 0 Å². The van der Waals surface area contributed by atoms with Crippen LogP contribution in [0.3, 0.4) is 0 Å². The molecule has 0 saturated carbocycles. The van der Waals surface area contributed by atoms with Crippen molar-refractivity contribution < 1.29 is 9.90 Å². The predicted molar refractivity (Wildman–Crippen MR) is 67.0 cm³/mol. The van der Waals surface area contributed by atoms with Crippen LogP contribution in [0, 0.1) is 5.92 Å². The molecule has 0 aliphatic rings. The molecule has 0 aliphatic carbocycles. The van der Waals surface area contributed by atoms with Crippen LogP contribution in [-0.2, 0) is 4.79 Å². The van der Waals surface area contributed by atoms with Crippen molar-refractivity contribution in [3.05, 3.63) is 42.1 Å². The van der Waals surface area contributed by atoms with Crippen LogP contribution in [0.4, 0.5) is 0 Å². The van der Waals surface area contributed by atoms with Crippen molar-refractivity contribution in [1.29, 1.82) is 0 Å². The Bertz CT molecular complexity index is 551. The largest absolute Gasteiger partial charge is 0.481 e. The third kappa shape index (κ3) is 2.28. The lowest BCUT2D eigenvalue weighted by atomic mass is 9.88. The monoisotopic (exact) mass is 229 g/mol. The molecule has 1 aromatic heterocycles. The van der Waals surface area contributed by atoms with Gasteiger partial charge < -0.3 is 5.11 Å². The van der Waals surface area contributed by atoms with Crippen molar-refractivity contribution in [1.82, 2.24) is 4.98 Å². The summed E-state index contributed by atoms with van der Waals surface area (Å²) >= 11 is 0. The van der Waals surface area contributed by atoms with E-state index >= 15 is 0 Å². The van der Waals surface area contributed by atoms with Crippen molar-refractivity contribution in [3.8, 4) is 0 Å². The van der Waals surface area contributed by atoms with Crippen molar-refractivity contribution in [2.75, 3.05) is 0 Å². The van der Waals surface area contributed by atoms with Gasteiger partial charge in [0, 0.05) is 11.6 Å². The molecule has 0 bridgehead atoms. The van der Waals surface area contributed by atoms with Crippen LogP contribution in [0.1, 0.15) is 25.3 Å². The van der Waals surface area contributed by atoms with Gasteiger partial charge in [-0.25, -0.2) is 0 Å². The lowest BCUT2D eigenvalue weighted by molar-refractivity contribution is -0.141. The summed E-state index contributed by atoms with van der Waals surface area (Å²) in [6.07, 6.45) is 1.75. The fraction of sp³-hybridized carbons (Fsp3) is 0.286. The molecule has 0 aliphatic heterocycles. The second kappa shape index (κ2) is 4.53. The van der Waals surface area contributed by atoms with Gasteiger partial charge in [-0.3, -0.25) is 9.78 Å². The van der Waals surface area contributed by atoms with E-state index in [4.69, 9.17) is 5.11 Å². The van der Waals surface area contributed by atoms with E-state index in [2.05, 4.69) is 4.98 Å². The zero-order valence-corrected chi connectivity index (χ0v) is 9.92. The Morgan fingerprint density at radius 3 is 2.76 bits per heavy atom. The van der Waals surface area contributed by atoms with Crippen LogP contribution in [0.25, 0.3) is 10.9 Å². The van der Waals surface area contributed by atoms with Gasteiger partial charge in [0.2, 0.25) is 0 Å². The first-order chi connectivity index (χ1) is 8.09. The van der Waals surface area contributed by atoms with E-state index in [0.717, 1.165) is 16.5 Å². The zero-order chi connectivity index (χ0) is 12.4. The van der Waals surface area contributed by atoms with E-state index in [1.165, 1.54) is 0 Å². The molecule has 17 heavy (non-hydrogen) atoms. The molecular weight excluding hydrogens is 214 g/mol. The van der Waals surface area contributed by atoms with Crippen molar-refractivity contribution >= 4 is 16.9 Å². The highest BCUT2D eigenvalue weighted by Gasteiger charge is 2.20. The SMILES string of the molecule is CC(C(=O)O)C(C)c1ccc2cccnc2c1. The van der Waals surface area contributed by atoms with Gasteiger partial charge in [0.25, 0.3) is 0 Å². The lowest BCUT2D eigenvalue weighted by Gasteiger charge is -2.16. The number of carboxylic acid groups (broad SMARTS) is 1. The summed E-state index contributed by atoms with van der Waals surface area (Å²) in [5.74, 6) is -1.17. The standard InChI is InChI=1S/C14H15NO2/c1-9(10(2)14(16)17)12-6-5-11-4-3-7-15-13(11)8-12/h3-10H,1-2H3,(H,16,17). The van der Waals surface area contributed by atoms with Gasteiger partial charge in [-0.15, -0.1) is 0 Å². The Morgan fingerprint density at radius 1 is 1.29 bits per heavy atom. The molecule has 0 spiro atoms. The number of carbonyl (C=O) groups is 1. The first-order valence-corrected chi connectivity index (χ1v) is 5.67. The van der Waals surface area contributed by atoms with Crippen LogP contribution in [0.5, 0.6) is 0 Å². The number of nitrogens with zero attached hydrogens (tertiary/aromatic N) is 1. The summed E-state index contributed by atoms with van der Waals surface area (Å²) < 4.78 is 0. The number of aromatic nitrogens is 1. The molecule has 0 amide bonds. The molecule has 0 radical (unpaired) electrons. The Balaban J connectivity index is 2.39. The third-order valence-corrected chi connectivity index (χ3v) is 3.30. The normalized spacial score (nSPS) is 14.5. The van der Waals surface area contributed by atoms with Crippen LogP contribution in [0.2, 0.25) is 0 Å². The van der Waals surface area contributed by atoms with Crippen molar-refractivity contribution in [2.24, 2.45) is 5.92 Å². The number of hydrogen-bond donors (Lipinski definition) is 1. The maximum atomic E-state index is 11.0. The lowest BCUT2D eigenvalue weighted by Crippen LogP contribution is -2.16. The molecular formula is C14H15NO2. The minimum atomic E-state index is -0.765. The molecule has 1 heterocycles. The first-order valence-electron chi connectivity index (χ1n) is 5.67. The van der Waals surface area contributed by atoms with Crippen LogP contribution in [-0.4, -0.2) is 16.1 Å². The molecule has 0 saturated heterocycles. The average molecular weight is 229 g/mol. The second-order valence-electron chi connectivity index (χ2n) is 4.37. The van der Waals surface area contributed by atoms with Crippen LogP contribution in [0.15, 0.2) is 36.5 Å². The summed E-state index contributed by atoms with van der Waals surface area (Å²) in [5, 5.41) is 10.1. The molecule has 1 aromatic carbocycles.